The van der Waals surface area contributed by atoms with Crippen molar-refractivity contribution < 1.29 is 55.8 Å². The molecule has 2 spiro atoms. The van der Waals surface area contributed by atoms with Crippen molar-refractivity contribution in [1.82, 2.24) is 0 Å². The van der Waals surface area contributed by atoms with Crippen LogP contribution in [0.1, 0.15) is 147 Å². The van der Waals surface area contributed by atoms with E-state index < -0.39 is 42.5 Å². The zero-order chi connectivity index (χ0) is 59.3. The van der Waals surface area contributed by atoms with Gasteiger partial charge in [0.1, 0.15) is 23.7 Å². The minimum Gasteiger partial charge on any atom is -0.490 e. The smallest absolute Gasteiger partial charge is 0.335 e. The normalized spacial score (nSPS) is 27.5. The van der Waals surface area contributed by atoms with Crippen LogP contribution in [0.3, 0.4) is 0 Å². The van der Waals surface area contributed by atoms with Gasteiger partial charge in [-0.25, -0.2) is 36.7 Å². The van der Waals surface area contributed by atoms with E-state index in [4.69, 9.17) is 52.6 Å². The number of nitrogens with zero attached hydrogens (tertiary/aromatic N) is 4. The second-order valence-corrected chi connectivity index (χ2v) is 29.9. The van der Waals surface area contributed by atoms with E-state index in [1.54, 1.807) is 50.2 Å². The van der Waals surface area contributed by atoms with E-state index in [2.05, 4.69) is 44.4 Å². The third kappa shape index (κ3) is 12.8. The molecule has 0 aromatic heterocycles. The third-order valence-electron chi connectivity index (χ3n) is 19.7. The number of oxime groups is 2. The van der Waals surface area contributed by atoms with Crippen LogP contribution in [0, 0.1) is 23.7 Å². The average Bonchev–Trinajstić information content (AvgIpc) is 4.26. The number of rotatable bonds is 16. The molecule has 452 valence electrons. The molecule has 4 heterocycles. The van der Waals surface area contributed by atoms with Gasteiger partial charge in [-0.05, 0) is 198 Å². The number of fused-ring (bicyclic) bond motifs is 6. The second-order valence-electron chi connectivity index (χ2n) is 25.1. The highest BCUT2D eigenvalue weighted by Crippen LogP contribution is 2.50. The molecule has 0 bridgehead atoms. The minimum absolute atomic E-state index is 0.0388. The Morgan fingerprint density at radius 2 is 1.05 bits per heavy atom. The molecule has 4 aromatic rings. The summed E-state index contributed by atoms with van der Waals surface area (Å²) in [6, 6.07) is 22.6. The Labute approximate surface area is 502 Å². The number of nitrogens with two attached hydrogens (primary N) is 2. The quantitative estimate of drug-likeness (QED) is 0.0813. The molecule has 10 atom stereocenters. The first-order chi connectivity index (χ1) is 40.0. The Hall–Kier alpha value is -5.64. The zero-order valence-electron chi connectivity index (χ0n) is 47.6. The van der Waals surface area contributed by atoms with Crippen molar-refractivity contribution in [2.75, 3.05) is 49.2 Å². The van der Waals surface area contributed by atoms with Gasteiger partial charge in [-0.1, -0.05) is 45.6 Å². The molecule has 8 aliphatic rings. The Morgan fingerprint density at radius 3 is 1.42 bits per heavy atom. The lowest BCUT2D eigenvalue weighted by atomic mass is 9.68. The van der Waals surface area contributed by atoms with Gasteiger partial charge in [-0.2, -0.15) is 0 Å². The number of benzene rings is 4. The van der Waals surface area contributed by atoms with Crippen molar-refractivity contribution in [2.45, 2.75) is 150 Å². The van der Waals surface area contributed by atoms with Gasteiger partial charge < -0.3 is 39.2 Å². The van der Waals surface area contributed by atoms with Gasteiger partial charge in [-0.15, -0.1) is 0 Å². The van der Waals surface area contributed by atoms with Crippen molar-refractivity contribution in [3.8, 4) is 11.5 Å². The monoisotopic (exact) mass is 1230 g/mol. The standard InChI is InChI=1S/2C31H38ClN3O6S/c2*1-19(42(33,38)39)4-8-24-15-29(41-34-24)25-9-5-22(25)16-35-17-31(12-2-3-20-13-23(32)7-10-26(20)31)18-40-28-11-6-21(30(36)37)14-27(28)35/h2*6-7,10-11,13-14,19,22,25,29H,2-5,8-9,12,15-18H2,1H3,(H,36,37)(H2,33,38,39)/t19-,22+,25-,29+,31+;19-,22+,25-,29-,31+/m11/s1. The maximum atomic E-state index is 11.9. The number of carboxylic acid groups (broad SMARTS) is 2. The fourth-order valence-electron chi connectivity index (χ4n) is 14.4. The first kappa shape index (κ1) is 60.1. The molecule has 0 unspecified atom stereocenters. The molecule has 0 amide bonds. The molecule has 4 aliphatic carbocycles. The van der Waals surface area contributed by atoms with Gasteiger partial charge in [0.05, 0.1) is 57.6 Å². The summed E-state index contributed by atoms with van der Waals surface area (Å²) in [6.07, 6.45) is 13.4. The van der Waals surface area contributed by atoms with Gasteiger partial charge >= 0.3 is 11.9 Å². The summed E-state index contributed by atoms with van der Waals surface area (Å²) in [5, 5.41) is 39.0. The van der Waals surface area contributed by atoms with Gasteiger partial charge in [0.15, 0.2) is 0 Å². The van der Waals surface area contributed by atoms with Gasteiger partial charge in [0.25, 0.3) is 0 Å². The fourth-order valence-corrected chi connectivity index (χ4v) is 15.7. The number of hydrogen-bond donors (Lipinski definition) is 4. The Bertz CT molecular complexity index is 3250. The molecule has 0 saturated heterocycles. The Kier molecular flexibility index (Phi) is 17.3. The molecule has 6 N–H and O–H groups in total. The van der Waals surface area contributed by atoms with E-state index in [1.807, 2.05) is 12.1 Å². The minimum atomic E-state index is -3.57. The summed E-state index contributed by atoms with van der Waals surface area (Å²) in [5.74, 6) is 0.806. The van der Waals surface area contributed by atoms with Crippen LogP contribution in [0.2, 0.25) is 10.0 Å². The van der Waals surface area contributed by atoms with Crippen LogP contribution < -0.4 is 29.6 Å². The van der Waals surface area contributed by atoms with Gasteiger partial charge in [0.2, 0.25) is 20.0 Å². The molecular weight excluding hydrogens is 1160 g/mol. The summed E-state index contributed by atoms with van der Waals surface area (Å²) < 4.78 is 59.4. The SMILES string of the molecule is C[C@H](CCC1=NO[C@@H]([C@@H]2CC[C@H]2CN2C[C@@]3(CCCc4cc(Cl)ccc43)COc3ccc(C(=O)O)cc32)C1)S(N)(=O)=O.C[C@H](CCC1=NO[C@H]([C@@H]2CC[C@H]2CN2C[C@@]3(CCCc4cc(Cl)ccc43)COc3ccc(C(=O)O)cc32)C1)S(N)(=O)=O. The molecule has 12 rings (SSSR count). The molecule has 0 radical (unpaired) electrons. The van der Waals surface area contributed by atoms with Crippen LogP contribution >= 0.6 is 23.2 Å². The average molecular weight is 1230 g/mol. The number of sulfonamides is 2. The highest BCUT2D eigenvalue weighted by Gasteiger charge is 2.48. The summed E-state index contributed by atoms with van der Waals surface area (Å²) in [5.41, 5.74) is 8.48. The number of carboxylic acids is 2. The molecule has 4 aliphatic heterocycles. The largest absolute Gasteiger partial charge is 0.490 e. The van der Waals surface area contributed by atoms with E-state index in [-0.39, 0.29) is 34.2 Å². The van der Waals surface area contributed by atoms with E-state index >= 15 is 0 Å². The van der Waals surface area contributed by atoms with Crippen LogP contribution in [0.5, 0.6) is 11.5 Å². The lowest BCUT2D eigenvalue weighted by Gasteiger charge is -2.45. The van der Waals surface area contributed by atoms with E-state index in [0.717, 1.165) is 123 Å². The number of primary sulfonamides is 2. The molecule has 2 fully saturated rings. The van der Waals surface area contributed by atoms with Crippen LogP contribution in [0.25, 0.3) is 0 Å². The highest BCUT2D eigenvalue weighted by molar-refractivity contribution is 7.90. The van der Waals surface area contributed by atoms with Crippen LogP contribution in [-0.4, -0.2) is 113 Å². The number of hydrogen-bond acceptors (Lipinski definition) is 14. The van der Waals surface area contributed by atoms with Crippen LogP contribution in [-0.2, 0) is 53.4 Å². The zero-order valence-corrected chi connectivity index (χ0v) is 50.7. The first-order valence-electron chi connectivity index (χ1n) is 29.6. The van der Waals surface area contributed by atoms with Crippen molar-refractivity contribution in [3.05, 3.63) is 116 Å². The number of aromatic carboxylic acids is 2. The van der Waals surface area contributed by atoms with E-state index in [0.29, 0.717) is 86.9 Å². The van der Waals surface area contributed by atoms with Crippen LogP contribution in [0.15, 0.2) is 83.1 Å². The number of aryl methyl sites for hydroxylation is 2. The highest BCUT2D eigenvalue weighted by atomic mass is 35.5. The van der Waals surface area contributed by atoms with Gasteiger partial charge in [0, 0.05) is 71.7 Å². The second kappa shape index (κ2) is 24.3. The number of ether oxygens (including phenoxy) is 2. The predicted octanol–water partition coefficient (Wildman–Crippen LogP) is 10.3. The molecule has 84 heavy (non-hydrogen) atoms. The number of halogens is 2. The summed E-state index contributed by atoms with van der Waals surface area (Å²) in [4.78, 5) is 40.3. The Balaban J connectivity index is 0.000000175. The van der Waals surface area contributed by atoms with E-state index in [9.17, 15) is 36.6 Å². The number of anilines is 2. The third-order valence-corrected chi connectivity index (χ3v) is 22.9. The molecule has 4 aromatic carbocycles. The van der Waals surface area contributed by atoms with E-state index in [1.165, 1.54) is 22.3 Å². The molecule has 22 heteroatoms. The maximum absolute atomic E-state index is 11.9. The lowest BCUT2D eigenvalue weighted by molar-refractivity contribution is -0.0214. The molecule has 18 nitrogen and oxygen atoms in total. The maximum Gasteiger partial charge on any atom is 0.335 e. The van der Waals surface area contributed by atoms with Crippen molar-refractivity contribution in [1.29, 1.82) is 0 Å². The van der Waals surface area contributed by atoms with Crippen molar-refractivity contribution in [2.24, 2.45) is 44.3 Å². The van der Waals surface area contributed by atoms with Crippen molar-refractivity contribution >= 4 is 78.0 Å². The summed E-state index contributed by atoms with van der Waals surface area (Å²) >= 11 is 12.7. The van der Waals surface area contributed by atoms with Crippen LogP contribution in [0.4, 0.5) is 11.4 Å². The summed E-state index contributed by atoms with van der Waals surface area (Å²) in [6.45, 7) is 7.24. The Morgan fingerprint density at radius 1 is 0.631 bits per heavy atom. The first-order valence-corrected chi connectivity index (χ1v) is 33.6. The topological polar surface area (TPSA) is 263 Å². The number of carbonyl (C=O) groups is 2. The molecule has 2 saturated carbocycles. The fraction of sp³-hybridized carbons (Fsp3) is 0.548. The van der Waals surface area contributed by atoms with Gasteiger partial charge in [-0.3, -0.25) is 0 Å². The lowest BCUT2D eigenvalue weighted by Crippen LogP contribution is -2.49. The van der Waals surface area contributed by atoms with Crippen molar-refractivity contribution in [3.63, 3.8) is 0 Å². The molecular formula is C62H76Cl2N6O12S2. The summed E-state index contributed by atoms with van der Waals surface area (Å²) in [7, 11) is -7.13. The predicted molar refractivity (Wildman–Crippen MR) is 324 cm³/mol.